The average Bonchev–Trinajstić information content (AvgIpc) is 3.37. The Hall–Kier alpha value is -3.99. The van der Waals surface area contributed by atoms with Crippen molar-refractivity contribution in [2.45, 2.75) is 71.1 Å². The zero-order chi connectivity index (χ0) is 27.6. The van der Waals surface area contributed by atoms with Crippen molar-refractivity contribution in [1.82, 2.24) is 20.0 Å². The lowest BCUT2D eigenvalue weighted by molar-refractivity contribution is 0.433. The zero-order valence-corrected chi connectivity index (χ0v) is 23.6. The molecule has 0 unspecified atom stereocenters. The number of phenolic OH excluding ortho intramolecular Hbond substituents is 1. The number of rotatable bonds is 9. The van der Waals surface area contributed by atoms with Crippen molar-refractivity contribution in [2.24, 2.45) is 0 Å². The minimum Gasteiger partial charge on any atom is -0.505 e. The van der Waals surface area contributed by atoms with Crippen molar-refractivity contribution in [3.05, 3.63) is 102 Å². The number of pyridine rings is 1. The second kappa shape index (κ2) is 10.6. The quantitative estimate of drug-likeness (QED) is 0.199. The summed E-state index contributed by atoms with van der Waals surface area (Å²) in [6, 6.07) is 24.7. The number of fused-ring (bicyclic) bond motifs is 1. The number of unbranched alkanes of at least 4 members (excludes halogenated alkanes) is 2. The first-order valence-corrected chi connectivity index (χ1v) is 13.9. The lowest BCUT2D eigenvalue weighted by atomic mass is 9.73. The van der Waals surface area contributed by atoms with Crippen molar-refractivity contribution in [2.75, 3.05) is 0 Å². The molecule has 5 nitrogen and oxygen atoms in total. The topological polar surface area (TPSA) is 63.8 Å². The van der Waals surface area contributed by atoms with Gasteiger partial charge in [0.25, 0.3) is 0 Å². The molecule has 0 amide bonds. The molecule has 0 saturated carbocycles. The van der Waals surface area contributed by atoms with Crippen LogP contribution >= 0.6 is 0 Å². The van der Waals surface area contributed by atoms with Crippen LogP contribution < -0.4 is 0 Å². The SMILES string of the molecule is CCCCCC(C)(C)c1cc(-n2nc3ccc(-c4cccnc4)cc3n2)c(O)c(C(C)(C)c2ccccc2)c1. The van der Waals surface area contributed by atoms with E-state index in [0.29, 0.717) is 5.69 Å². The summed E-state index contributed by atoms with van der Waals surface area (Å²) >= 11 is 0. The molecule has 0 aliphatic rings. The van der Waals surface area contributed by atoms with Crippen molar-refractivity contribution < 1.29 is 5.11 Å². The van der Waals surface area contributed by atoms with E-state index in [-0.39, 0.29) is 11.2 Å². The lowest BCUT2D eigenvalue weighted by Gasteiger charge is -2.32. The van der Waals surface area contributed by atoms with Crippen molar-refractivity contribution in [3.63, 3.8) is 0 Å². The average molecular weight is 519 g/mol. The molecule has 2 heterocycles. The highest BCUT2D eigenvalue weighted by molar-refractivity contribution is 5.81. The number of aromatic hydroxyl groups is 1. The van der Waals surface area contributed by atoms with Crippen molar-refractivity contribution in [1.29, 1.82) is 0 Å². The molecular formula is C34H38N4O. The van der Waals surface area contributed by atoms with E-state index in [9.17, 15) is 5.11 Å². The summed E-state index contributed by atoms with van der Waals surface area (Å²) in [4.78, 5) is 5.85. The van der Waals surface area contributed by atoms with Gasteiger partial charge in [0, 0.05) is 28.9 Å². The van der Waals surface area contributed by atoms with Gasteiger partial charge in [-0.2, -0.15) is 0 Å². The molecule has 0 aliphatic heterocycles. The molecule has 0 bridgehead atoms. The van der Waals surface area contributed by atoms with Crippen LogP contribution in [0.5, 0.6) is 5.75 Å². The predicted molar refractivity (Wildman–Crippen MR) is 159 cm³/mol. The van der Waals surface area contributed by atoms with Crippen LogP contribution in [-0.4, -0.2) is 25.1 Å². The van der Waals surface area contributed by atoms with Gasteiger partial charge in [-0.05, 0) is 52.8 Å². The molecule has 0 aliphatic carbocycles. The molecule has 0 atom stereocenters. The third kappa shape index (κ3) is 5.31. The van der Waals surface area contributed by atoms with Crippen LogP contribution in [0.2, 0.25) is 0 Å². The van der Waals surface area contributed by atoms with E-state index in [1.807, 2.05) is 42.6 Å². The van der Waals surface area contributed by atoms with E-state index in [2.05, 4.69) is 76.0 Å². The fourth-order valence-corrected chi connectivity index (χ4v) is 5.35. The highest BCUT2D eigenvalue weighted by Crippen LogP contribution is 2.43. The Labute approximate surface area is 231 Å². The summed E-state index contributed by atoms with van der Waals surface area (Å²) in [6.07, 6.45) is 8.25. The van der Waals surface area contributed by atoms with Crippen LogP contribution in [0, 0.1) is 0 Å². The number of nitrogens with zero attached hydrogens (tertiary/aromatic N) is 4. The van der Waals surface area contributed by atoms with E-state index in [0.717, 1.165) is 46.1 Å². The highest BCUT2D eigenvalue weighted by atomic mass is 16.3. The van der Waals surface area contributed by atoms with Crippen LogP contribution in [0.4, 0.5) is 0 Å². The van der Waals surface area contributed by atoms with E-state index >= 15 is 0 Å². The maximum atomic E-state index is 11.8. The monoisotopic (exact) mass is 518 g/mol. The Morgan fingerprint density at radius 2 is 1.54 bits per heavy atom. The number of benzene rings is 3. The first kappa shape index (κ1) is 26.6. The third-order valence-electron chi connectivity index (χ3n) is 8.04. The van der Waals surface area contributed by atoms with Gasteiger partial charge < -0.3 is 5.11 Å². The molecular weight excluding hydrogens is 480 g/mol. The van der Waals surface area contributed by atoms with Gasteiger partial charge in [0.1, 0.15) is 22.5 Å². The van der Waals surface area contributed by atoms with Gasteiger partial charge in [0.05, 0.1) is 0 Å². The fraction of sp³-hybridized carbons (Fsp3) is 0.324. The Bertz CT molecular complexity index is 1570. The molecule has 5 rings (SSSR count). The van der Waals surface area contributed by atoms with Gasteiger partial charge in [-0.3, -0.25) is 4.98 Å². The molecule has 0 radical (unpaired) electrons. The summed E-state index contributed by atoms with van der Waals surface area (Å²) in [7, 11) is 0. The fourth-order valence-electron chi connectivity index (χ4n) is 5.35. The van der Waals surface area contributed by atoms with Crippen LogP contribution in [0.1, 0.15) is 77.0 Å². The minimum atomic E-state index is -0.421. The smallest absolute Gasteiger partial charge is 0.147 e. The second-order valence-electron chi connectivity index (χ2n) is 11.7. The molecule has 1 N–H and O–H groups in total. The van der Waals surface area contributed by atoms with Gasteiger partial charge >= 0.3 is 0 Å². The van der Waals surface area contributed by atoms with Crippen LogP contribution in [-0.2, 0) is 10.8 Å². The highest BCUT2D eigenvalue weighted by Gasteiger charge is 2.32. The third-order valence-corrected chi connectivity index (χ3v) is 8.04. The lowest BCUT2D eigenvalue weighted by Crippen LogP contribution is -2.23. The summed E-state index contributed by atoms with van der Waals surface area (Å²) in [5.41, 5.74) is 6.93. The van der Waals surface area contributed by atoms with E-state index in [1.165, 1.54) is 18.4 Å². The first-order chi connectivity index (χ1) is 18.7. The zero-order valence-electron chi connectivity index (χ0n) is 23.6. The largest absolute Gasteiger partial charge is 0.505 e. The normalized spacial score (nSPS) is 12.2. The molecule has 0 saturated heterocycles. The molecule has 5 heteroatoms. The van der Waals surface area contributed by atoms with Gasteiger partial charge in [-0.1, -0.05) is 102 Å². The summed E-state index contributed by atoms with van der Waals surface area (Å²) in [6.45, 7) is 11.2. The molecule has 200 valence electrons. The van der Waals surface area contributed by atoms with Crippen molar-refractivity contribution in [3.8, 4) is 22.6 Å². The summed E-state index contributed by atoms with van der Waals surface area (Å²) < 4.78 is 0. The van der Waals surface area contributed by atoms with E-state index in [4.69, 9.17) is 10.2 Å². The van der Waals surface area contributed by atoms with Gasteiger partial charge in [0.15, 0.2) is 0 Å². The van der Waals surface area contributed by atoms with E-state index in [1.54, 1.807) is 11.0 Å². The number of aromatic nitrogens is 4. The van der Waals surface area contributed by atoms with Crippen LogP contribution in [0.15, 0.2) is 85.2 Å². The Kier molecular flexibility index (Phi) is 7.26. The van der Waals surface area contributed by atoms with Gasteiger partial charge in [0.2, 0.25) is 0 Å². The first-order valence-electron chi connectivity index (χ1n) is 13.9. The molecule has 3 aromatic carbocycles. The van der Waals surface area contributed by atoms with Crippen LogP contribution in [0.3, 0.4) is 0 Å². The maximum absolute atomic E-state index is 11.8. The van der Waals surface area contributed by atoms with Gasteiger partial charge in [-0.25, -0.2) is 0 Å². The number of hydrogen-bond donors (Lipinski definition) is 1. The Morgan fingerprint density at radius 1 is 0.769 bits per heavy atom. The number of phenols is 1. The molecule has 0 fully saturated rings. The summed E-state index contributed by atoms with van der Waals surface area (Å²) in [5.74, 6) is 0.213. The molecule has 0 spiro atoms. The van der Waals surface area contributed by atoms with E-state index < -0.39 is 5.41 Å². The van der Waals surface area contributed by atoms with Crippen LogP contribution in [0.25, 0.3) is 27.8 Å². The Morgan fingerprint density at radius 3 is 2.26 bits per heavy atom. The molecule has 5 aromatic rings. The summed E-state index contributed by atoms with van der Waals surface area (Å²) in [5, 5.41) is 21.4. The number of hydrogen-bond acceptors (Lipinski definition) is 4. The standard InChI is InChI=1S/C34H38N4O/c1-6-7-11-18-33(2,3)27-21-28(34(4,5)26-14-9-8-10-15-26)32(39)31(22-27)38-36-29-17-16-24(20-30(29)37-38)25-13-12-19-35-23-25/h8-10,12-17,19-23,39H,6-7,11,18H2,1-5H3. The van der Waals surface area contributed by atoms with Gasteiger partial charge in [-0.15, -0.1) is 15.0 Å². The predicted octanol–water partition coefficient (Wildman–Crippen LogP) is 8.37. The molecule has 39 heavy (non-hydrogen) atoms. The minimum absolute atomic E-state index is 0.0702. The van der Waals surface area contributed by atoms with Crippen molar-refractivity contribution >= 4 is 11.0 Å². The second-order valence-corrected chi connectivity index (χ2v) is 11.7. The molecule has 2 aromatic heterocycles. The Balaban J connectivity index is 1.66. The maximum Gasteiger partial charge on any atom is 0.147 e.